The number of aromatic nitrogens is 2. The molecule has 1 fully saturated rings. The lowest BCUT2D eigenvalue weighted by Gasteiger charge is -2.15. The molecule has 0 bridgehead atoms. The normalized spacial score (nSPS) is 15.3. The van der Waals surface area contributed by atoms with Crippen molar-refractivity contribution in [2.24, 2.45) is 7.05 Å². The molecule has 11 heteroatoms. The number of aryl methyl sites for hydroxylation is 1. The van der Waals surface area contributed by atoms with Crippen molar-refractivity contribution in [2.45, 2.75) is 31.4 Å². The second-order valence-electron chi connectivity index (χ2n) is 6.97. The number of rotatable bonds is 4. The van der Waals surface area contributed by atoms with Gasteiger partial charge in [0.2, 0.25) is 10.0 Å². The van der Waals surface area contributed by atoms with Crippen molar-refractivity contribution in [1.82, 2.24) is 13.9 Å². The van der Waals surface area contributed by atoms with Crippen molar-refractivity contribution in [3.05, 3.63) is 61.1 Å². The van der Waals surface area contributed by atoms with E-state index in [2.05, 4.69) is 0 Å². The molecular weight excluding hydrogens is 413 g/mol. The van der Waals surface area contributed by atoms with Gasteiger partial charge < -0.3 is 4.57 Å². The summed E-state index contributed by atoms with van der Waals surface area (Å²) in [6.45, 7) is 3.03. The predicted octanol–water partition coefficient (Wildman–Crippen LogP) is 1.25. The van der Waals surface area contributed by atoms with Gasteiger partial charge in [0.25, 0.3) is 11.5 Å². The van der Waals surface area contributed by atoms with Crippen LogP contribution in [-0.2, 0) is 17.1 Å². The van der Waals surface area contributed by atoms with Crippen LogP contribution in [0.1, 0.15) is 35.8 Å². The SMILES string of the molecule is Cc1cc(=O)n(-c2cc(C(=O)NS(=O)(=O)C3(C)CC3)c(Cl)cc2F)c(=O)n1C. The first-order valence-electron chi connectivity index (χ1n) is 8.24. The summed E-state index contributed by atoms with van der Waals surface area (Å²) in [6.07, 6.45) is 0.819. The Balaban J connectivity index is 2.13. The highest BCUT2D eigenvalue weighted by Gasteiger charge is 2.51. The van der Waals surface area contributed by atoms with Gasteiger partial charge in [-0.1, -0.05) is 11.6 Å². The number of benzene rings is 1. The lowest BCUT2D eigenvalue weighted by molar-refractivity contribution is 0.0981. The number of nitrogens with zero attached hydrogens (tertiary/aromatic N) is 2. The Bertz CT molecular complexity index is 1230. The summed E-state index contributed by atoms with van der Waals surface area (Å²) in [7, 11) is -2.55. The third-order valence-corrected chi connectivity index (χ3v) is 7.38. The Morgan fingerprint density at radius 3 is 2.43 bits per heavy atom. The molecule has 1 N–H and O–H groups in total. The molecule has 1 saturated carbocycles. The zero-order valence-corrected chi connectivity index (χ0v) is 16.8. The first kappa shape index (κ1) is 20.3. The van der Waals surface area contributed by atoms with Gasteiger partial charge in [-0.15, -0.1) is 0 Å². The fraction of sp³-hybridized carbons (Fsp3) is 0.353. The van der Waals surface area contributed by atoms with Crippen LogP contribution in [0.5, 0.6) is 0 Å². The van der Waals surface area contributed by atoms with Crippen molar-refractivity contribution in [3.8, 4) is 5.69 Å². The summed E-state index contributed by atoms with van der Waals surface area (Å²) < 4.78 is 41.6. The Kier molecular flexibility index (Phi) is 4.75. The molecule has 1 amide bonds. The van der Waals surface area contributed by atoms with Gasteiger partial charge in [0.1, 0.15) is 5.82 Å². The molecular formula is C17H17ClFN3O5S. The average molecular weight is 430 g/mol. The first-order valence-corrected chi connectivity index (χ1v) is 10.1. The quantitative estimate of drug-likeness (QED) is 0.787. The lowest BCUT2D eigenvalue weighted by atomic mass is 10.1. The monoisotopic (exact) mass is 429 g/mol. The first-order chi connectivity index (χ1) is 12.9. The van der Waals surface area contributed by atoms with Crippen LogP contribution < -0.4 is 16.0 Å². The van der Waals surface area contributed by atoms with Crippen molar-refractivity contribution < 1.29 is 17.6 Å². The highest BCUT2D eigenvalue weighted by atomic mass is 35.5. The van der Waals surface area contributed by atoms with Gasteiger partial charge in [0.05, 0.1) is 21.0 Å². The summed E-state index contributed by atoms with van der Waals surface area (Å²) in [6, 6.07) is 2.77. The number of amides is 1. The smallest absolute Gasteiger partial charge is 0.301 e. The summed E-state index contributed by atoms with van der Waals surface area (Å²) in [5, 5.41) is -0.355. The molecule has 1 aromatic heterocycles. The second-order valence-corrected chi connectivity index (χ2v) is 9.57. The molecule has 3 rings (SSSR count). The molecule has 1 aliphatic carbocycles. The van der Waals surface area contributed by atoms with Crippen LogP contribution in [0.15, 0.2) is 27.8 Å². The minimum absolute atomic E-state index is 0.355. The number of halogens is 2. The van der Waals surface area contributed by atoms with E-state index in [4.69, 9.17) is 11.6 Å². The molecule has 0 aliphatic heterocycles. The maximum Gasteiger partial charge on any atom is 0.335 e. The van der Waals surface area contributed by atoms with Crippen LogP contribution in [-0.4, -0.2) is 28.2 Å². The predicted molar refractivity (Wildman–Crippen MR) is 101 cm³/mol. The highest BCUT2D eigenvalue weighted by Crippen LogP contribution is 2.42. The number of nitrogens with one attached hydrogen (secondary N) is 1. The molecule has 28 heavy (non-hydrogen) atoms. The Hall–Kier alpha value is -2.46. The van der Waals surface area contributed by atoms with E-state index < -0.39 is 43.4 Å². The van der Waals surface area contributed by atoms with E-state index in [0.29, 0.717) is 23.1 Å². The van der Waals surface area contributed by atoms with Gasteiger partial charge in [0.15, 0.2) is 0 Å². The Labute approximate surface area is 164 Å². The summed E-state index contributed by atoms with van der Waals surface area (Å²) in [5.74, 6) is -2.09. The number of hydrogen-bond donors (Lipinski definition) is 1. The Morgan fingerprint density at radius 1 is 1.25 bits per heavy atom. The van der Waals surface area contributed by atoms with Gasteiger partial charge >= 0.3 is 5.69 Å². The number of sulfonamides is 1. The van der Waals surface area contributed by atoms with Crippen LogP contribution in [0, 0.1) is 12.7 Å². The standard InChI is InChI=1S/C17H17ClFN3O5S/c1-9-6-14(23)22(16(25)21(9)3)13-7-10(11(18)8-12(13)19)15(24)20-28(26,27)17(2)4-5-17/h6-8H,4-5H2,1-3H3,(H,20,24). The molecule has 0 unspecified atom stereocenters. The van der Waals surface area contributed by atoms with Crippen LogP contribution in [0.4, 0.5) is 4.39 Å². The van der Waals surface area contributed by atoms with Crippen LogP contribution in [0.3, 0.4) is 0 Å². The summed E-state index contributed by atoms with van der Waals surface area (Å²) in [4.78, 5) is 37.2. The van der Waals surface area contributed by atoms with Gasteiger partial charge in [-0.2, -0.15) is 0 Å². The van der Waals surface area contributed by atoms with Gasteiger partial charge in [-0.3, -0.25) is 9.59 Å². The van der Waals surface area contributed by atoms with Crippen molar-refractivity contribution >= 4 is 27.5 Å². The maximum atomic E-state index is 14.5. The van der Waals surface area contributed by atoms with Crippen molar-refractivity contribution in [3.63, 3.8) is 0 Å². The minimum Gasteiger partial charge on any atom is -0.301 e. The summed E-state index contributed by atoms with van der Waals surface area (Å²) in [5.41, 5.74) is -2.14. The molecule has 8 nitrogen and oxygen atoms in total. The Morgan fingerprint density at radius 2 is 1.86 bits per heavy atom. The van der Waals surface area contributed by atoms with E-state index in [-0.39, 0.29) is 10.6 Å². The lowest BCUT2D eigenvalue weighted by Crippen LogP contribution is -2.40. The fourth-order valence-electron chi connectivity index (χ4n) is 2.58. The molecule has 0 spiro atoms. The van der Waals surface area contributed by atoms with E-state index in [1.54, 1.807) is 0 Å². The second kappa shape index (κ2) is 6.56. The molecule has 0 radical (unpaired) electrons. The van der Waals surface area contributed by atoms with Gasteiger partial charge in [-0.05, 0) is 38.8 Å². The average Bonchev–Trinajstić information content (AvgIpc) is 3.33. The van der Waals surface area contributed by atoms with E-state index in [9.17, 15) is 27.2 Å². The minimum atomic E-state index is -3.95. The van der Waals surface area contributed by atoms with Crippen LogP contribution >= 0.6 is 11.6 Å². The maximum absolute atomic E-state index is 14.5. The van der Waals surface area contributed by atoms with E-state index in [0.717, 1.165) is 22.8 Å². The van der Waals surface area contributed by atoms with Gasteiger partial charge in [0, 0.05) is 18.8 Å². The van der Waals surface area contributed by atoms with Gasteiger partial charge in [-0.25, -0.2) is 26.9 Å². The zero-order valence-electron chi connectivity index (χ0n) is 15.2. The van der Waals surface area contributed by atoms with Crippen molar-refractivity contribution in [2.75, 3.05) is 0 Å². The third-order valence-electron chi connectivity index (χ3n) is 4.91. The molecule has 1 aromatic carbocycles. The highest BCUT2D eigenvalue weighted by molar-refractivity contribution is 7.91. The van der Waals surface area contributed by atoms with Crippen LogP contribution in [0.2, 0.25) is 5.02 Å². The zero-order chi connectivity index (χ0) is 21.0. The molecule has 0 atom stereocenters. The van der Waals surface area contributed by atoms with E-state index >= 15 is 0 Å². The van der Waals surface area contributed by atoms with E-state index in [1.807, 2.05) is 4.72 Å². The number of carbonyl (C=O) groups is 1. The summed E-state index contributed by atoms with van der Waals surface area (Å²) >= 11 is 5.91. The molecule has 1 aliphatic rings. The molecule has 150 valence electrons. The van der Waals surface area contributed by atoms with E-state index in [1.165, 1.54) is 20.9 Å². The largest absolute Gasteiger partial charge is 0.335 e. The number of carbonyl (C=O) groups excluding carboxylic acids is 1. The molecule has 0 saturated heterocycles. The molecule has 1 heterocycles. The van der Waals surface area contributed by atoms with Crippen LogP contribution in [0.25, 0.3) is 5.69 Å². The fourth-order valence-corrected chi connectivity index (χ4v) is 4.06. The van der Waals surface area contributed by atoms with Crippen molar-refractivity contribution in [1.29, 1.82) is 0 Å². The topological polar surface area (TPSA) is 107 Å². The number of hydrogen-bond acceptors (Lipinski definition) is 5. The molecule has 2 aromatic rings. The third kappa shape index (κ3) is 3.26.